The molecule has 0 aliphatic rings. The van der Waals surface area contributed by atoms with Gasteiger partial charge in [-0.25, -0.2) is 0 Å². The van der Waals surface area contributed by atoms with Crippen molar-refractivity contribution in [2.24, 2.45) is 0 Å². The molecule has 1 atom stereocenters. The summed E-state index contributed by atoms with van der Waals surface area (Å²) >= 11 is 17.9. The maximum atomic E-state index is 12.4. The van der Waals surface area contributed by atoms with Crippen molar-refractivity contribution in [3.05, 3.63) is 69.8 Å². The van der Waals surface area contributed by atoms with Gasteiger partial charge >= 0.3 is 0 Å². The van der Waals surface area contributed by atoms with Gasteiger partial charge in [0.1, 0.15) is 6.17 Å². The third kappa shape index (κ3) is 5.22. The predicted octanol–water partition coefficient (Wildman–Crippen LogP) is 4.44. The van der Waals surface area contributed by atoms with Crippen LogP contribution in [0.1, 0.15) is 15.9 Å². The van der Waals surface area contributed by atoms with E-state index in [0.717, 1.165) is 5.56 Å². The molecule has 9 heteroatoms. The number of nitro benzene ring substituents is 1. The predicted molar refractivity (Wildman–Crippen MR) is 99.4 cm³/mol. The lowest BCUT2D eigenvalue weighted by Gasteiger charge is -2.28. The van der Waals surface area contributed by atoms with Crippen molar-refractivity contribution in [2.75, 3.05) is 5.32 Å². The molecular formula is C16H14Cl3N3O3. The van der Waals surface area contributed by atoms with Gasteiger partial charge < -0.3 is 10.6 Å². The Morgan fingerprint density at radius 3 is 2.24 bits per heavy atom. The monoisotopic (exact) mass is 401 g/mol. The number of nitro groups is 1. The number of carbonyl (C=O) groups excluding carboxylic acids is 1. The SMILES string of the molecule is Cc1ccccc1NC(NC(=O)c1ccc([N+](=O)[O-])cc1)C(Cl)(Cl)Cl. The first-order valence-electron chi connectivity index (χ1n) is 7.12. The van der Waals surface area contributed by atoms with Crippen LogP contribution in [0.4, 0.5) is 11.4 Å². The van der Waals surface area contributed by atoms with Crippen molar-refractivity contribution >= 4 is 52.1 Å². The summed E-state index contributed by atoms with van der Waals surface area (Å²) in [4.78, 5) is 22.5. The maximum absolute atomic E-state index is 12.4. The standard InChI is InChI=1S/C16H14Cl3N3O3/c1-10-4-2-3-5-13(10)20-15(16(17,18)19)21-14(23)11-6-8-12(9-7-11)22(24)25/h2-9,15,20H,1H3,(H,21,23). The Labute approximate surface area is 159 Å². The molecule has 0 heterocycles. The molecule has 25 heavy (non-hydrogen) atoms. The molecule has 2 aromatic rings. The molecule has 0 saturated heterocycles. The number of hydrogen-bond donors (Lipinski definition) is 2. The highest BCUT2D eigenvalue weighted by molar-refractivity contribution is 6.68. The summed E-state index contributed by atoms with van der Waals surface area (Å²) in [6, 6.07) is 12.4. The van der Waals surface area contributed by atoms with E-state index in [2.05, 4.69) is 10.6 Å². The second-order valence-corrected chi connectivity index (χ2v) is 7.58. The number of carbonyl (C=O) groups is 1. The van der Waals surface area contributed by atoms with Crippen LogP contribution in [0.3, 0.4) is 0 Å². The second kappa shape index (κ2) is 7.91. The van der Waals surface area contributed by atoms with Crippen LogP contribution in [-0.2, 0) is 0 Å². The van der Waals surface area contributed by atoms with Crippen molar-refractivity contribution in [1.29, 1.82) is 0 Å². The number of para-hydroxylation sites is 1. The number of anilines is 1. The zero-order valence-electron chi connectivity index (χ0n) is 13.0. The first-order valence-corrected chi connectivity index (χ1v) is 8.26. The number of hydrogen-bond acceptors (Lipinski definition) is 4. The summed E-state index contributed by atoms with van der Waals surface area (Å²) in [5.74, 6) is -0.535. The number of non-ortho nitro benzene ring substituents is 1. The average Bonchev–Trinajstić information content (AvgIpc) is 2.55. The van der Waals surface area contributed by atoms with Crippen LogP contribution < -0.4 is 10.6 Å². The van der Waals surface area contributed by atoms with Crippen molar-refractivity contribution in [3.8, 4) is 0 Å². The summed E-state index contributed by atoms with van der Waals surface area (Å²) < 4.78 is -1.82. The quantitative estimate of drug-likeness (QED) is 0.335. The Kier molecular flexibility index (Phi) is 6.11. The van der Waals surface area contributed by atoms with Gasteiger partial charge in [0.25, 0.3) is 11.6 Å². The zero-order chi connectivity index (χ0) is 18.6. The third-order valence-corrected chi connectivity index (χ3v) is 4.04. The lowest BCUT2D eigenvalue weighted by Crippen LogP contribution is -2.49. The number of halogens is 3. The van der Waals surface area contributed by atoms with Gasteiger partial charge in [0, 0.05) is 23.4 Å². The molecule has 132 valence electrons. The topological polar surface area (TPSA) is 84.3 Å². The lowest BCUT2D eigenvalue weighted by molar-refractivity contribution is -0.384. The molecule has 1 unspecified atom stereocenters. The van der Waals surface area contributed by atoms with E-state index in [9.17, 15) is 14.9 Å². The molecule has 2 aromatic carbocycles. The molecule has 2 rings (SSSR count). The lowest BCUT2D eigenvalue weighted by atomic mass is 10.2. The van der Waals surface area contributed by atoms with E-state index in [0.29, 0.717) is 5.69 Å². The molecule has 0 radical (unpaired) electrons. The molecule has 0 bridgehead atoms. The number of amides is 1. The van der Waals surface area contributed by atoms with Gasteiger partial charge in [0.05, 0.1) is 4.92 Å². The van der Waals surface area contributed by atoms with E-state index in [-0.39, 0.29) is 11.3 Å². The van der Waals surface area contributed by atoms with E-state index in [1.165, 1.54) is 24.3 Å². The largest absolute Gasteiger partial charge is 0.362 e. The molecule has 6 nitrogen and oxygen atoms in total. The highest BCUT2D eigenvalue weighted by Gasteiger charge is 2.34. The van der Waals surface area contributed by atoms with Crippen LogP contribution in [0.5, 0.6) is 0 Å². The molecule has 0 saturated carbocycles. The number of benzene rings is 2. The van der Waals surface area contributed by atoms with Crippen LogP contribution in [0.25, 0.3) is 0 Å². The average molecular weight is 403 g/mol. The highest BCUT2D eigenvalue weighted by Crippen LogP contribution is 2.32. The summed E-state index contributed by atoms with van der Waals surface area (Å²) in [5.41, 5.74) is 1.69. The van der Waals surface area contributed by atoms with Gasteiger partial charge in [-0.05, 0) is 30.7 Å². The van der Waals surface area contributed by atoms with Crippen LogP contribution in [0.2, 0.25) is 0 Å². The van der Waals surface area contributed by atoms with E-state index < -0.39 is 20.8 Å². The van der Waals surface area contributed by atoms with Gasteiger partial charge in [-0.1, -0.05) is 53.0 Å². The molecular weight excluding hydrogens is 389 g/mol. The van der Waals surface area contributed by atoms with Crippen LogP contribution in [0, 0.1) is 17.0 Å². The summed E-state index contributed by atoms with van der Waals surface area (Å²) in [5, 5.41) is 16.2. The Hall–Kier alpha value is -2.02. The molecule has 0 aromatic heterocycles. The Morgan fingerprint density at radius 1 is 1.12 bits per heavy atom. The molecule has 0 fully saturated rings. The van der Waals surface area contributed by atoms with Crippen LogP contribution in [-0.4, -0.2) is 20.8 Å². The van der Waals surface area contributed by atoms with Crippen molar-refractivity contribution < 1.29 is 9.72 Å². The highest BCUT2D eigenvalue weighted by atomic mass is 35.6. The normalized spacial score (nSPS) is 12.3. The van der Waals surface area contributed by atoms with Crippen LogP contribution in [0.15, 0.2) is 48.5 Å². The number of alkyl halides is 3. The van der Waals surface area contributed by atoms with Gasteiger partial charge in [0.2, 0.25) is 3.79 Å². The fourth-order valence-corrected chi connectivity index (χ4v) is 2.37. The van der Waals surface area contributed by atoms with Crippen molar-refractivity contribution in [1.82, 2.24) is 5.32 Å². The Bertz CT molecular complexity index is 776. The maximum Gasteiger partial charge on any atom is 0.269 e. The molecule has 0 aliphatic heterocycles. The summed E-state index contributed by atoms with van der Waals surface area (Å²) in [6.45, 7) is 1.87. The van der Waals surface area contributed by atoms with Gasteiger partial charge in [-0.15, -0.1) is 0 Å². The number of rotatable bonds is 5. The van der Waals surface area contributed by atoms with E-state index in [4.69, 9.17) is 34.8 Å². The fourth-order valence-electron chi connectivity index (χ4n) is 2.04. The van der Waals surface area contributed by atoms with E-state index in [1.54, 1.807) is 6.07 Å². The fraction of sp³-hybridized carbons (Fsp3) is 0.188. The van der Waals surface area contributed by atoms with Crippen molar-refractivity contribution in [3.63, 3.8) is 0 Å². The summed E-state index contributed by atoms with van der Waals surface area (Å²) in [7, 11) is 0. The van der Waals surface area contributed by atoms with Crippen molar-refractivity contribution in [2.45, 2.75) is 16.9 Å². The minimum atomic E-state index is -1.82. The molecule has 2 N–H and O–H groups in total. The first kappa shape index (κ1) is 19.3. The van der Waals surface area contributed by atoms with Gasteiger partial charge in [-0.3, -0.25) is 14.9 Å². The molecule has 0 spiro atoms. The number of nitrogens with one attached hydrogen (secondary N) is 2. The molecule has 0 aliphatic carbocycles. The smallest absolute Gasteiger partial charge is 0.269 e. The van der Waals surface area contributed by atoms with Gasteiger partial charge in [0.15, 0.2) is 0 Å². The minimum Gasteiger partial charge on any atom is -0.362 e. The van der Waals surface area contributed by atoms with E-state index >= 15 is 0 Å². The summed E-state index contributed by atoms with van der Waals surface area (Å²) in [6.07, 6.45) is -1.01. The second-order valence-electron chi connectivity index (χ2n) is 5.21. The molecule has 1 amide bonds. The Morgan fingerprint density at radius 2 is 1.72 bits per heavy atom. The number of nitrogens with zero attached hydrogens (tertiary/aromatic N) is 1. The van der Waals surface area contributed by atoms with Crippen LogP contribution >= 0.6 is 34.8 Å². The van der Waals surface area contributed by atoms with E-state index in [1.807, 2.05) is 25.1 Å². The Balaban J connectivity index is 2.18. The number of aryl methyl sites for hydroxylation is 1. The zero-order valence-corrected chi connectivity index (χ0v) is 15.3. The third-order valence-electron chi connectivity index (χ3n) is 3.39. The van der Waals surface area contributed by atoms with Gasteiger partial charge in [-0.2, -0.15) is 0 Å². The first-order chi connectivity index (χ1) is 11.7. The minimum absolute atomic E-state index is 0.118.